The fourth-order valence-electron chi connectivity index (χ4n) is 3.20. The van der Waals surface area contributed by atoms with Crippen LogP contribution in [0.3, 0.4) is 0 Å². The summed E-state index contributed by atoms with van der Waals surface area (Å²) < 4.78 is 0.802. The summed E-state index contributed by atoms with van der Waals surface area (Å²) in [6.07, 6.45) is 4.54. The fraction of sp³-hybridized carbons (Fsp3) is 0.0952. The molecule has 4 rings (SSSR count). The second-order valence-corrected chi connectivity index (χ2v) is 7.10. The maximum Gasteiger partial charge on any atom is 0.259 e. The van der Waals surface area contributed by atoms with Crippen molar-refractivity contribution in [2.45, 2.75) is 13.3 Å². The first-order chi connectivity index (χ1) is 13.1. The molecular formula is C21H15BrN4O. The highest BCUT2D eigenvalue weighted by molar-refractivity contribution is 9.10. The summed E-state index contributed by atoms with van der Waals surface area (Å²) in [6.45, 7) is 2.11. The van der Waals surface area contributed by atoms with Crippen LogP contribution in [0.15, 0.2) is 51.9 Å². The first-order valence-electron chi connectivity index (χ1n) is 8.51. The minimum Gasteiger partial charge on any atom is -0.360 e. The van der Waals surface area contributed by atoms with E-state index in [0.717, 1.165) is 27.4 Å². The molecule has 0 spiro atoms. The topological polar surface area (TPSA) is 85.3 Å². The quantitative estimate of drug-likeness (QED) is 0.468. The molecule has 0 radical (unpaired) electrons. The molecule has 2 aromatic carbocycles. The van der Waals surface area contributed by atoms with E-state index in [1.807, 2.05) is 24.4 Å². The van der Waals surface area contributed by atoms with Crippen LogP contribution in [0.25, 0.3) is 33.5 Å². The number of aromatic nitrogens is 3. The van der Waals surface area contributed by atoms with E-state index in [1.165, 1.54) is 5.56 Å². The standard InChI is InChI=1S/C21H15BrN4O/c1-2-12-4-3-5-16-14(11-24-19(12)16)8-13(10-23)20-25-18-7-6-15(22)9-17(18)21(27)26-20/h3-9,11,24H,2H2,1H3,(H,25,26,27)/b13-8-. The number of rotatable bonds is 3. The Morgan fingerprint density at radius 3 is 2.93 bits per heavy atom. The van der Waals surface area contributed by atoms with E-state index in [0.29, 0.717) is 16.5 Å². The number of fused-ring (bicyclic) bond motifs is 2. The van der Waals surface area contributed by atoms with Crippen LogP contribution < -0.4 is 5.56 Å². The monoisotopic (exact) mass is 418 g/mol. The number of hydrogen-bond donors (Lipinski definition) is 2. The summed E-state index contributed by atoms with van der Waals surface area (Å²) in [5.74, 6) is 0.262. The van der Waals surface area contributed by atoms with Crippen molar-refractivity contribution in [2.24, 2.45) is 0 Å². The number of aryl methyl sites for hydroxylation is 1. The molecule has 0 aliphatic carbocycles. The molecule has 2 heterocycles. The highest BCUT2D eigenvalue weighted by Crippen LogP contribution is 2.26. The number of hydrogen-bond acceptors (Lipinski definition) is 3. The Morgan fingerprint density at radius 1 is 1.30 bits per heavy atom. The first-order valence-corrected chi connectivity index (χ1v) is 9.30. The van der Waals surface area contributed by atoms with Crippen LogP contribution in [0, 0.1) is 11.3 Å². The summed E-state index contributed by atoms with van der Waals surface area (Å²) in [4.78, 5) is 22.9. The number of H-pyrrole nitrogens is 2. The lowest BCUT2D eigenvalue weighted by atomic mass is 10.1. The van der Waals surface area contributed by atoms with Crippen LogP contribution >= 0.6 is 15.9 Å². The Bertz CT molecular complexity index is 1310. The number of halogens is 1. The van der Waals surface area contributed by atoms with Crippen molar-refractivity contribution < 1.29 is 0 Å². The number of nitrogens with one attached hydrogen (secondary N) is 2. The van der Waals surface area contributed by atoms with E-state index in [2.05, 4.69) is 49.9 Å². The van der Waals surface area contributed by atoms with Gasteiger partial charge in [0.25, 0.3) is 5.56 Å². The number of allylic oxidation sites excluding steroid dienone is 1. The van der Waals surface area contributed by atoms with Crippen LogP contribution in [0.5, 0.6) is 0 Å². The second kappa shape index (κ2) is 6.86. The molecule has 0 bridgehead atoms. The average molecular weight is 419 g/mol. The lowest BCUT2D eigenvalue weighted by molar-refractivity contribution is 1.13. The second-order valence-electron chi connectivity index (χ2n) is 6.18. The average Bonchev–Trinajstić information content (AvgIpc) is 3.09. The minimum absolute atomic E-state index is 0.262. The van der Waals surface area contributed by atoms with Gasteiger partial charge in [0.05, 0.1) is 16.5 Å². The van der Waals surface area contributed by atoms with Crippen LogP contribution in [0.2, 0.25) is 0 Å². The van der Waals surface area contributed by atoms with Gasteiger partial charge in [-0.3, -0.25) is 4.79 Å². The zero-order chi connectivity index (χ0) is 19.0. The van der Waals surface area contributed by atoms with E-state index >= 15 is 0 Å². The molecule has 2 aromatic heterocycles. The van der Waals surface area contributed by atoms with Gasteiger partial charge in [-0.2, -0.15) is 5.26 Å². The van der Waals surface area contributed by atoms with Gasteiger partial charge in [-0.15, -0.1) is 0 Å². The van der Waals surface area contributed by atoms with Crippen molar-refractivity contribution in [3.8, 4) is 6.07 Å². The molecule has 4 aromatic rings. The van der Waals surface area contributed by atoms with Crippen molar-refractivity contribution in [1.29, 1.82) is 5.26 Å². The lowest BCUT2D eigenvalue weighted by Crippen LogP contribution is -2.11. The zero-order valence-corrected chi connectivity index (χ0v) is 16.1. The van der Waals surface area contributed by atoms with Crippen molar-refractivity contribution in [3.63, 3.8) is 0 Å². The van der Waals surface area contributed by atoms with Crippen molar-refractivity contribution in [3.05, 3.63) is 74.4 Å². The lowest BCUT2D eigenvalue weighted by Gasteiger charge is -2.03. The van der Waals surface area contributed by atoms with Gasteiger partial charge < -0.3 is 9.97 Å². The molecule has 132 valence electrons. The SMILES string of the molecule is CCc1cccc2c(/C=C(/C#N)c3nc4ccc(Br)cc4c(=O)[nH]3)c[nH]c12. The van der Waals surface area contributed by atoms with Crippen LogP contribution in [-0.2, 0) is 6.42 Å². The summed E-state index contributed by atoms with van der Waals surface area (Å²) in [5, 5.41) is 11.2. The van der Waals surface area contributed by atoms with Gasteiger partial charge in [-0.05, 0) is 36.3 Å². The maximum atomic E-state index is 12.4. The molecule has 0 fully saturated rings. The van der Waals surface area contributed by atoms with E-state index in [-0.39, 0.29) is 11.4 Å². The molecule has 0 atom stereocenters. The summed E-state index contributed by atoms with van der Waals surface area (Å²) in [6, 6.07) is 13.6. The summed E-state index contributed by atoms with van der Waals surface area (Å²) in [5.41, 5.74) is 3.74. The molecule has 2 N–H and O–H groups in total. The fourth-order valence-corrected chi connectivity index (χ4v) is 3.56. The molecule has 5 nitrogen and oxygen atoms in total. The van der Waals surface area contributed by atoms with Crippen LogP contribution in [0.4, 0.5) is 0 Å². The van der Waals surface area contributed by atoms with E-state index < -0.39 is 0 Å². The van der Waals surface area contributed by atoms with Gasteiger partial charge in [0.1, 0.15) is 6.07 Å². The molecule has 0 saturated heterocycles. The highest BCUT2D eigenvalue weighted by atomic mass is 79.9. The number of benzene rings is 2. The molecule has 0 saturated carbocycles. The summed E-state index contributed by atoms with van der Waals surface area (Å²) >= 11 is 3.35. The number of aromatic amines is 2. The third kappa shape index (κ3) is 3.07. The normalized spacial score (nSPS) is 11.8. The predicted molar refractivity (Wildman–Crippen MR) is 111 cm³/mol. The van der Waals surface area contributed by atoms with Gasteiger partial charge >= 0.3 is 0 Å². The van der Waals surface area contributed by atoms with Gasteiger partial charge in [0.2, 0.25) is 0 Å². The third-order valence-corrected chi connectivity index (χ3v) is 5.05. The number of nitrogens with zero attached hydrogens (tertiary/aromatic N) is 2. The molecule has 0 unspecified atom stereocenters. The smallest absolute Gasteiger partial charge is 0.259 e. The molecule has 0 aliphatic rings. The van der Waals surface area contributed by atoms with E-state index in [9.17, 15) is 10.1 Å². The van der Waals surface area contributed by atoms with E-state index in [1.54, 1.807) is 18.2 Å². The van der Waals surface area contributed by atoms with E-state index in [4.69, 9.17) is 0 Å². The van der Waals surface area contributed by atoms with Crippen molar-refractivity contribution in [1.82, 2.24) is 15.0 Å². The third-order valence-electron chi connectivity index (χ3n) is 4.56. The highest BCUT2D eigenvalue weighted by Gasteiger charge is 2.11. The maximum absolute atomic E-state index is 12.4. The largest absolute Gasteiger partial charge is 0.360 e. The Hall–Kier alpha value is -3.17. The first kappa shape index (κ1) is 17.3. The van der Waals surface area contributed by atoms with Crippen molar-refractivity contribution in [2.75, 3.05) is 0 Å². The number of nitriles is 1. The predicted octanol–water partition coefficient (Wildman–Crippen LogP) is 4.79. The Balaban J connectivity index is 1.88. The van der Waals surface area contributed by atoms with Crippen LogP contribution in [-0.4, -0.2) is 15.0 Å². The molecule has 0 amide bonds. The molecule has 0 aliphatic heterocycles. The molecule has 6 heteroatoms. The summed E-state index contributed by atoms with van der Waals surface area (Å²) in [7, 11) is 0. The minimum atomic E-state index is -0.273. The molecular weight excluding hydrogens is 404 g/mol. The molecule has 27 heavy (non-hydrogen) atoms. The van der Waals surface area contributed by atoms with Crippen LogP contribution in [0.1, 0.15) is 23.9 Å². The van der Waals surface area contributed by atoms with Gasteiger partial charge in [0, 0.05) is 27.1 Å². The van der Waals surface area contributed by atoms with Gasteiger partial charge in [-0.1, -0.05) is 41.1 Å². The van der Waals surface area contributed by atoms with Gasteiger partial charge in [0.15, 0.2) is 5.82 Å². The Labute approximate surface area is 163 Å². The zero-order valence-electron chi connectivity index (χ0n) is 14.5. The number of para-hydroxylation sites is 1. The van der Waals surface area contributed by atoms with Gasteiger partial charge in [-0.25, -0.2) is 4.98 Å². The Morgan fingerprint density at radius 2 is 2.15 bits per heavy atom. The Kier molecular flexibility index (Phi) is 4.38. The van der Waals surface area contributed by atoms with Crippen molar-refractivity contribution >= 4 is 49.4 Å².